The van der Waals surface area contributed by atoms with Crippen LogP contribution >= 0.6 is 0 Å². The van der Waals surface area contributed by atoms with E-state index in [4.69, 9.17) is 9.47 Å². The van der Waals surface area contributed by atoms with Crippen molar-refractivity contribution >= 4 is 27.7 Å². The van der Waals surface area contributed by atoms with Gasteiger partial charge in [0, 0.05) is 34.6 Å². The van der Waals surface area contributed by atoms with Gasteiger partial charge in [0.1, 0.15) is 5.75 Å². The molecule has 1 aromatic carbocycles. The molecule has 0 bridgehead atoms. The average Bonchev–Trinajstić information content (AvgIpc) is 3.23. The maximum Gasteiger partial charge on any atom is 0.331 e. The Morgan fingerprint density at radius 1 is 1.23 bits per heavy atom. The molecular formula is C23H27NO6S. The molecule has 0 saturated carbocycles. The summed E-state index contributed by atoms with van der Waals surface area (Å²) in [6.45, 7) is 5.64. The van der Waals surface area contributed by atoms with Gasteiger partial charge in [-0.15, -0.1) is 0 Å². The fourth-order valence-corrected chi connectivity index (χ4v) is 5.63. The second kappa shape index (κ2) is 9.51. The van der Waals surface area contributed by atoms with Crippen LogP contribution < -0.4 is 4.74 Å². The minimum atomic E-state index is -3.04. The van der Waals surface area contributed by atoms with Crippen molar-refractivity contribution in [1.82, 2.24) is 4.57 Å². The zero-order valence-electron chi connectivity index (χ0n) is 18.0. The van der Waals surface area contributed by atoms with E-state index in [9.17, 15) is 18.0 Å². The molecule has 0 aliphatic carbocycles. The summed E-state index contributed by atoms with van der Waals surface area (Å²) in [5.41, 5.74) is 2.70. The second-order valence-electron chi connectivity index (χ2n) is 7.55. The van der Waals surface area contributed by atoms with Gasteiger partial charge in [-0.1, -0.05) is 18.2 Å². The number of carbonyl (C=O) groups is 2. The highest BCUT2D eigenvalue weighted by Gasteiger charge is 2.31. The smallest absolute Gasteiger partial charge is 0.331 e. The number of rotatable bonds is 8. The third kappa shape index (κ3) is 5.44. The van der Waals surface area contributed by atoms with Gasteiger partial charge in [0.05, 0.1) is 18.1 Å². The van der Waals surface area contributed by atoms with Gasteiger partial charge in [-0.25, -0.2) is 13.2 Å². The number of aryl methyl sites for hydroxylation is 1. The molecule has 8 heteroatoms. The summed E-state index contributed by atoms with van der Waals surface area (Å²) in [7, 11) is -3.04. The maximum absolute atomic E-state index is 12.6. The molecule has 0 radical (unpaired) electrons. The van der Waals surface area contributed by atoms with Crippen molar-refractivity contribution in [1.29, 1.82) is 0 Å². The highest BCUT2D eigenvalue weighted by atomic mass is 32.2. The molecule has 2 heterocycles. The first-order chi connectivity index (χ1) is 14.7. The van der Waals surface area contributed by atoms with Crippen LogP contribution in [0.25, 0.3) is 6.08 Å². The SMILES string of the molecule is CCOc1ccccc1/C=C/C(=O)OCC(=O)c1cc(C)n(C2CCS(=O)(=O)C2)c1C. The lowest BCUT2D eigenvalue weighted by Gasteiger charge is -2.16. The summed E-state index contributed by atoms with van der Waals surface area (Å²) >= 11 is 0. The lowest BCUT2D eigenvalue weighted by Crippen LogP contribution is -2.16. The van der Waals surface area contributed by atoms with Gasteiger partial charge in [0.15, 0.2) is 16.4 Å². The topological polar surface area (TPSA) is 91.7 Å². The van der Waals surface area contributed by atoms with Crippen LogP contribution in [0.2, 0.25) is 0 Å². The molecule has 166 valence electrons. The molecule has 0 spiro atoms. The first-order valence-electron chi connectivity index (χ1n) is 10.2. The Morgan fingerprint density at radius 3 is 2.65 bits per heavy atom. The summed E-state index contributed by atoms with van der Waals surface area (Å²) in [5, 5.41) is 0. The Kier molecular flexibility index (Phi) is 7.00. The molecule has 0 N–H and O–H groups in total. The number of Topliss-reactive ketones (excluding diaryl/α,β-unsaturated/α-hetero) is 1. The van der Waals surface area contributed by atoms with Crippen molar-refractivity contribution in [3.05, 3.63) is 58.9 Å². The molecule has 2 aromatic rings. The van der Waals surface area contributed by atoms with Gasteiger partial charge in [-0.05, 0) is 45.4 Å². The van der Waals surface area contributed by atoms with E-state index in [0.717, 1.165) is 11.3 Å². The van der Waals surface area contributed by atoms with Gasteiger partial charge in [-0.2, -0.15) is 0 Å². The lowest BCUT2D eigenvalue weighted by atomic mass is 10.1. The summed E-state index contributed by atoms with van der Waals surface area (Å²) in [6, 6.07) is 8.87. The van der Waals surface area contributed by atoms with Crippen molar-refractivity contribution in [2.24, 2.45) is 0 Å². The molecule has 7 nitrogen and oxygen atoms in total. The third-order valence-corrected chi connectivity index (χ3v) is 7.07. The van der Waals surface area contributed by atoms with Crippen LogP contribution in [-0.2, 0) is 19.4 Å². The van der Waals surface area contributed by atoms with Gasteiger partial charge in [0.2, 0.25) is 5.78 Å². The largest absolute Gasteiger partial charge is 0.493 e. The monoisotopic (exact) mass is 445 g/mol. The van der Waals surface area contributed by atoms with E-state index >= 15 is 0 Å². The summed E-state index contributed by atoms with van der Waals surface area (Å²) < 4.78 is 36.2. The number of ketones is 1. The number of hydrogen-bond acceptors (Lipinski definition) is 6. The van der Waals surface area contributed by atoms with Gasteiger partial charge >= 0.3 is 5.97 Å². The van der Waals surface area contributed by atoms with Crippen LogP contribution in [0.1, 0.15) is 46.7 Å². The van der Waals surface area contributed by atoms with Crippen LogP contribution in [0, 0.1) is 13.8 Å². The minimum absolute atomic E-state index is 0.0833. The number of hydrogen-bond donors (Lipinski definition) is 0. The number of carbonyl (C=O) groups excluding carboxylic acids is 2. The van der Waals surface area contributed by atoms with Crippen LogP contribution in [0.15, 0.2) is 36.4 Å². The van der Waals surface area contributed by atoms with Crippen molar-refractivity contribution in [3.8, 4) is 5.75 Å². The van der Waals surface area contributed by atoms with E-state index in [1.807, 2.05) is 42.7 Å². The molecule has 3 rings (SSSR count). The molecule has 31 heavy (non-hydrogen) atoms. The molecule has 1 fully saturated rings. The zero-order valence-corrected chi connectivity index (χ0v) is 18.8. The molecule has 1 unspecified atom stereocenters. The predicted molar refractivity (Wildman–Crippen MR) is 118 cm³/mol. The average molecular weight is 446 g/mol. The third-order valence-electron chi connectivity index (χ3n) is 5.32. The summed E-state index contributed by atoms with van der Waals surface area (Å²) in [6.07, 6.45) is 3.39. The van der Waals surface area contributed by atoms with E-state index in [1.165, 1.54) is 6.08 Å². The Labute approximate surface area is 182 Å². The maximum atomic E-state index is 12.6. The van der Waals surface area contributed by atoms with Crippen LogP contribution in [0.5, 0.6) is 5.75 Å². The van der Waals surface area contributed by atoms with E-state index in [0.29, 0.717) is 30.0 Å². The normalized spacial score (nSPS) is 17.7. The molecular weight excluding hydrogens is 418 g/mol. The van der Waals surface area contributed by atoms with Crippen LogP contribution in [0.3, 0.4) is 0 Å². The van der Waals surface area contributed by atoms with Gasteiger partial charge in [-0.3, -0.25) is 4.79 Å². The van der Waals surface area contributed by atoms with Crippen molar-refractivity contribution < 1.29 is 27.5 Å². The first kappa shape index (κ1) is 22.8. The van der Waals surface area contributed by atoms with E-state index in [1.54, 1.807) is 19.1 Å². The Balaban J connectivity index is 1.64. The van der Waals surface area contributed by atoms with Crippen molar-refractivity contribution in [3.63, 3.8) is 0 Å². The molecule has 1 aliphatic heterocycles. The second-order valence-corrected chi connectivity index (χ2v) is 9.78. The van der Waals surface area contributed by atoms with Crippen LogP contribution in [0.4, 0.5) is 0 Å². The molecule has 1 aliphatic rings. The predicted octanol–water partition coefficient (Wildman–Crippen LogP) is 3.30. The van der Waals surface area contributed by atoms with E-state index < -0.39 is 15.8 Å². The molecule has 1 aromatic heterocycles. The van der Waals surface area contributed by atoms with E-state index in [2.05, 4.69) is 0 Å². The van der Waals surface area contributed by atoms with E-state index in [-0.39, 0.29) is 29.9 Å². The lowest BCUT2D eigenvalue weighted by molar-refractivity contribution is -0.136. The Hall–Kier alpha value is -2.87. The number of nitrogens with zero attached hydrogens (tertiary/aromatic N) is 1. The number of sulfone groups is 1. The fraction of sp³-hybridized carbons (Fsp3) is 0.391. The number of esters is 1. The molecule has 1 saturated heterocycles. The fourth-order valence-electron chi connectivity index (χ4n) is 3.93. The van der Waals surface area contributed by atoms with Crippen molar-refractivity contribution in [2.75, 3.05) is 24.7 Å². The van der Waals surface area contributed by atoms with Crippen molar-refractivity contribution in [2.45, 2.75) is 33.2 Å². The zero-order chi connectivity index (χ0) is 22.6. The number of para-hydroxylation sites is 1. The quantitative estimate of drug-likeness (QED) is 0.352. The number of benzene rings is 1. The summed E-state index contributed by atoms with van der Waals surface area (Å²) in [5.74, 6) is -0.0486. The number of ether oxygens (including phenoxy) is 2. The number of aromatic nitrogens is 1. The van der Waals surface area contributed by atoms with Gasteiger partial charge < -0.3 is 14.0 Å². The molecule has 1 atom stereocenters. The highest BCUT2D eigenvalue weighted by molar-refractivity contribution is 7.91. The van der Waals surface area contributed by atoms with Gasteiger partial charge in [0.25, 0.3) is 0 Å². The molecule has 0 amide bonds. The Morgan fingerprint density at radius 2 is 1.97 bits per heavy atom. The first-order valence-corrected chi connectivity index (χ1v) is 12.0. The highest BCUT2D eigenvalue weighted by Crippen LogP contribution is 2.29. The Bertz CT molecular complexity index is 1110. The minimum Gasteiger partial charge on any atom is -0.493 e. The standard InChI is InChI=1S/C23H27NO6S/c1-4-29-22-8-6-5-7-18(22)9-10-23(26)30-14-21(25)20-13-16(2)24(17(20)3)19-11-12-31(27,28)15-19/h5-10,13,19H,4,11-12,14-15H2,1-3H3/b10-9+. The summed E-state index contributed by atoms with van der Waals surface area (Å²) in [4.78, 5) is 24.7. The van der Waals surface area contributed by atoms with Crippen LogP contribution in [-0.4, -0.2) is 49.5 Å².